The summed E-state index contributed by atoms with van der Waals surface area (Å²) in [6.45, 7) is 6.45. The lowest BCUT2D eigenvalue weighted by molar-refractivity contribution is 0.251. The van der Waals surface area contributed by atoms with Gasteiger partial charge in [-0.1, -0.05) is 35.3 Å². The SMILES string of the molecule is C=CC(N1CCN(c2ccc(Cl)c(Cl)c2)CC1)S(=O)(=O)c1ccc(NC(=O)NCc2cccnc2)cc1. The number of carbonyl (C=O) groups excluding carboxylic acids is 1. The highest BCUT2D eigenvalue weighted by atomic mass is 35.5. The van der Waals surface area contributed by atoms with Gasteiger partial charge < -0.3 is 15.5 Å². The van der Waals surface area contributed by atoms with Gasteiger partial charge in [-0.25, -0.2) is 13.2 Å². The van der Waals surface area contributed by atoms with Gasteiger partial charge in [0.25, 0.3) is 0 Å². The number of halogens is 2. The number of nitrogens with zero attached hydrogens (tertiary/aromatic N) is 3. The summed E-state index contributed by atoms with van der Waals surface area (Å²) in [6.07, 6.45) is 4.79. The fourth-order valence-corrected chi connectivity index (χ4v) is 6.06. The predicted octanol–water partition coefficient (Wildman–Crippen LogP) is 4.82. The second-order valence-corrected chi connectivity index (χ2v) is 11.3. The van der Waals surface area contributed by atoms with Crippen molar-refractivity contribution in [2.75, 3.05) is 36.4 Å². The zero-order valence-electron chi connectivity index (χ0n) is 20.0. The second-order valence-electron chi connectivity index (χ2n) is 8.49. The van der Waals surface area contributed by atoms with E-state index in [1.165, 1.54) is 18.2 Å². The molecule has 0 spiro atoms. The Labute approximate surface area is 226 Å². The van der Waals surface area contributed by atoms with Crippen molar-refractivity contribution in [3.05, 3.63) is 95.3 Å². The maximum absolute atomic E-state index is 13.4. The maximum atomic E-state index is 13.4. The van der Waals surface area contributed by atoms with Gasteiger partial charge in [0.05, 0.1) is 14.9 Å². The summed E-state index contributed by atoms with van der Waals surface area (Å²) in [7, 11) is -3.72. The summed E-state index contributed by atoms with van der Waals surface area (Å²) >= 11 is 12.2. The molecular weight excluding hydrogens is 533 g/mol. The number of rotatable bonds is 8. The van der Waals surface area contributed by atoms with E-state index in [9.17, 15) is 13.2 Å². The Kier molecular flexibility index (Phi) is 8.71. The van der Waals surface area contributed by atoms with Crippen molar-refractivity contribution < 1.29 is 13.2 Å². The van der Waals surface area contributed by atoms with Crippen LogP contribution in [0.1, 0.15) is 5.56 Å². The molecule has 3 aromatic rings. The molecule has 1 fully saturated rings. The average Bonchev–Trinajstić information content (AvgIpc) is 2.91. The van der Waals surface area contributed by atoms with E-state index in [-0.39, 0.29) is 4.90 Å². The number of amides is 2. The minimum absolute atomic E-state index is 0.158. The third kappa shape index (κ3) is 6.61. The molecule has 2 aromatic carbocycles. The molecule has 1 aliphatic heterocycles. The Bertz CT molecular complexity index is 1350. The topological polar surface area (TPSA) is 94.6 Å². The first-order chi connectivity index (χ1) is 17.8. The molecule has 0 saturated carbocycles. The van der Waals surface area contributed by atoms with Crippen LogP contribution in [0.4, 0.5) is 16.2 Å². The van der Waals surface area contributed by atoms with Crippen LogP contribution in [0.25, 0.3) is 0 Å². The summed E-state index contributed by atoms with van der Waals surface area (Å²) in [6, 6.07) is 14.8. The van der Waals surface area contributed by atoms with E-state index in [2.05, 4.69) is 27.1 Å². The molecule has 0 aliphatic carbocycles. The second kappa shape index (κ2) is 12.0. The molecule has 1 saturated heterocycles. The lowest BCUT2D eigenvalue weighted by Gasteiger charge is -2.39. The summed E-state index contributed by atoms with van der Waals surface area (Å²) in [5.41, 5.74) is 2.29. The van der Waals surface area contributed by atoms with Crippen LogP contribution in [0.2, 0.25) is 10.0 Å². The van der Waals surface area contributed by atoms with Gasteiger partial charge in [-0.2, -0.15) is 0 Å². The quantitative estimate of drug-likeness (QED) is 0.384. The monoisotopic (exact) mass is 559 g/mol. The summed E-state index contributed by atoms with van der Waals surface area (Å²) in [5.74, 6) is 0. The van der Waals surface area contributed by atoms with Crippen molar-refractivity contribution in [2.45, 2.75) is 16.8 Å². The zero-order chi connectivity index (χ0) is 26.4. The van der Waals surface area contributed by atoms with Crippen LogP contribution in [0.15, 0.2) is 84.5 Å². The minimum atomic E-state index is -3.72. The molecule has 4 rings (SSSR count). The first kappa shape index (κ1) is 26.9. The highest BCUT2D eigenvalue weighted by molar-refractivity contribution is 7.92. The molecule has 1 aliphatic rings. The molecular formula is C26H27Cl2N5O3S. The molecule has 2 amide bonds. The van der Waals surface area contributed by atoms with E-state index < -0.39 is 21.2 Å². The van der Waals surface area contributed by atoms with E-state index in [1.807, 2.05) is 23.1 Å². The fourth-order valence-electron chi connectivity index (χ4n) is 4.12. The zero-order valence-corrected chi connectivity index (χ0v) is 22.3. The van der Waals surface area contributed by atoms with Crippen LogP contribution in [-0.4, -0.2) is 55.9 Å². The third-order valence-corrected chi connectivity index (χ3v) is 8.87. The Hall–Kier alpha value is -3.11. The normalized spacial score (nSPS) is 15.1. The molecule has 0 bridgehead atoms. The highest BCUT2D eigenvalue weighted by Crippen LogP contribution is 2.29. The molecule has 37 heavy (non-hydrogen) atoms. The van der Waals surface area contributed by atoms with Crippen molar-refractivity contribution in [3.63, 3.8) is 0 Å². The third-order valence-electron chi connectivity index (χ3n) is 6.08. The lowest BCUT2D eigenvalue weighted by atomic mass is 10.2. The van der Waals surface area contributed by atoms with Gasteiger partial charge in [-0.3, -0.25) is 9.88 Å². The average molecular weight is 561 g/mol. The van der Waals surface area contributed by atoms with E-state index in [0.717, 1.165) is 11.3 Å². The van der Waals surface area contributed by atoms with Gasteiger partial charge >= 0.3 is 6.03 Å². The van der Waals surface area contributed by atoms with Gasteiger partial charge in [-0.05, 0) is 54.1 Å². The van der Waals surface area contributed by atoms with Gasteiger partial charge in [0.1, 0.15) is 5.37 Å². The number of hydrogen-bond donors (Lipinski definition) is 2. The van der Waals surface area contributed by atoms with E-state index in [1.54, 1.807) is 36.7 Å². The largest absolute Gasteiger partial charge is 0.369 e. The number of hydrogen-bond acceptors (Lipinski definition) is 6. The number of urea groups is 1. The van der Waals surface area contributed by atoms with Crippen molar-refractivity contribution >= 4 is 50.4 Å². The van der Waals surface area contributed by atoms with E-state index in [0.29, 0.717) is 48.5 Å². The molecule has 11 heteroatoms. The van der Waals surface area contributed by atoms with Crippen LogP contribution >= 0.6 is 23.2 Å². The maximum Gasteiger partial charge on any atom is 0.319 e. The molecule has 1 unspecified atom stereocenters. The van der Waals surface area contributed by atoms with E-state index in [4.69, 9.17) is 23.2 Å². The lowest BCUT2D eigenvalue weighted by Crippen LogP contribution is -2.52. The van der Waals surface area contributed by atoms with Crippen molar-refractivity contribution in [1.29, 1.82) is 0 Å². The number of carbonyl (C=O) groups is 1. The molecule has 1 aromatic heterocycles. The number of aromatic nitrogens is 1. The highest BCUT2D eigenvalue weighted by Gasteiger charge is 2.32. The molecule has 0 radical (unpaired) electrons. The van der Waals surface area contributed by atoms with Crippen molar-refractivity contribution in [3.8, 4) is 0 Å². The van der Waals surface area contributed by atoms with Crippen molar-refractivity contribution in [1.82, 2.24) is 15.2 Å². The number of piperazine rings is 1. The Balaban J connectivity index is 1.36. The first-order valence-electron chi connectivity index (χ1n) is 11.6. The van der Waals surface area contributed by atoms with Crippen LogP contribution in [0.3, 0.4) is 0 Å². The minimum Gasteiger partial charge on any atom is -0.369 e. The Morgan fingerprint density at radius 2 is 1.78 bits per heavy atom. The predicted molar refractivity (Wildman–Crippen MR) is 148 cm³/mol. The molecule has 2 heterocycles. The van der Waals surface area contributed by atoms with Crippen LogP contribution in [0.5, 0.6) is 0 Å². The smallest absolute Gasteiger partial charge is 0.319 e. The first-order valence-corrected chi connectivity index (χ1v) is 13.9. The number of anilines is 2. The summed E-state index contributed by atoms with van der Waals surface area (Å²) < 4.78 is 26.8. The van der Waals surface area contributed by atoms with Crippen LogP contribution in [0, 0.1) is 0 Å². The Morgan fingerprint density at radius 3 is 2.41 bits per heavy atom. The summed E-state index contributed by atoms with van der Waals surface area (Å²) in [5, 5.41) is 5.55. The van der Waals surface area contributed by atoms with Gasteiger partial charge in [0.2, 0.25) is 0 Å². The molecule has 2 N–H and O–H groups in total. The molecule has 8 nitrogen and oxygen atoms in total. The van der Waals surface area contributed by atoms with E-state index >= 15 is 0 Å². The molecule has 1 atom stereocenters. The molecule has 194 valence electrons. The van der Waals surface area contributed by atoms with Gasteiger partial charge in [-0.15, -0.1) is 6.58 Å². The van der Waals surface area contributed by atoms with Gasteiger partial charge in [0, 0.05) is 56.5 Å². The number of benzene rings is 2. The Morgan fingerprint density at radius 1 is 1.05 bits per heavy atom. The number of sulfone groups is 1. The van der Waals surface area contributed by atoms with Crippen LogP contribution in [-0.2, 0) is 16.4 Å². The fraction of sp³-hybridized carbons (Fsp3) is 0.231. The van der Waals surface area contributed by atoms with Crippen LogP contribution < -0.4 is 15.5 Å². The number of pyridine rings is 1. The number of nitrogens with one attached hydrogen (secondary N) is 2. The van der Waals surface area contributed by atoms with Crippen molar-refractivity contribution in [2.24, 2.45) is 0 Å². The summed E-state index contributed by atoms with van der Waals surface area (Å²) in [4.78, 5) is 20.4. The standard InChI is InChI=1S/C26H27Cl2N5O3S/c1-2-25(33-14-12-32(13-15-33)21-7-10-23(27)24(28)16-21)37(35,36)22-8-5-20(6-9-22)31-26(34)30-18-19-4-3-11-29-17-19/h2-11,16-17,25H,1,12-15,18H2,(H2,30,31,34). The van der Waals surface area contributed by atoms with Gasteiger partial charge in [0.15, 0.2) is 9.84 Å².